The lowest BCUT2D eigenvalue weighted by molar-refractivity contribution is 0.0395. The number of hydrogen-bond acceptors (Lipinski definition) is 4. The molecule has 22 heavy (non-hydrogen) atoms. The van der Waals surface area contributed by atoms with Gasteiger partial charge in [-0.25, -0.2) is 4.98 Å². The van der Waals surface area contributed by atoms with Crippen LogP contribution in [0, 0.1) is 6.92 Å². The van der Waals surface area contributed by atoms with E-state index in [1.54, 1.807) is 0 Å². The predicted octanol–water partition coefficient (Wildman–Crippen LogP) is 2.84. The molecule has 5 nitrogen and oxygen atoms in total. The lowest BCUT2D eigenvalue weighted by atomic mass is 10.1. The van der Waals surface area contributed by atoms with Gasteiger partial charge in [-0.3, -0.25) is 5.10 Å². The topological polar surface area (TPSA) is 54.0 Å². The fourth-order valence-corrected chi connectivity index (χ4v) is 2.94. The molecule has 1 aliphatic heterocycles. The summed E-state index contributed by atoms with van der Waals surface area (Å²) in [7, 11) is 0. The number of fused-ring (bicyclic) bond motifs is 1. The molecule has 1 aromatic carbocycles. The van der Waals surface area contributed by atoms with E-state index in [4.69, 9.17) is 4.74 Å². The molecule has 0 amide bonds. The van der Waals surface area contributed by atoms with Crippen LogP contribution in [0.4, 0.5) is 5.82 Å². The summed E-state index contributed by atoms with van der Waals surface area (Å²) < 4.78 is 5.92. The van der Waals surface area contributed by atoms with Gasteiger partial charge in [0.2, 0.25) is 0 Å². The number of aromatic amines is 1. The molecule has 0 saturated carbocycles. The van der Waals surface area contributed by atoms with Gasteiger partial charge in [-0.1, -0.05) is 30.3 Å². The van der Waals surface area contributed by atoms with Crippen LogP contribution >= 0.6 is 0 Å². The molecule has 1 atom stereocenters. The molecule has 1 fully saturated rings. The van der Waals surface area contributed by atoms with Crippen molar-refractivity contribution in [2.24, 2.45) is 0 Å². The van der Waals surface area contributed by atoms with E-state index in [1.165, 1.54) is 5.56 Å². The van der Waals surface area contributed by atoms with Gasteiger partial charge in [-0.15, -0.1) is 0 Å². The second kappa shape index (κ2) is 5.42. The van der Waals surface area contributed by atoms with Crippen LogP contribution in [0.2, 0.25) is 0 Å². The van der Waals surface area contributed by atoms with Crippen LogP contribution < -0.4 is 4.90 Å². The van der Waals surface area contributed by atoms with Crippen LogP contribution in [-0.2, 0) is 4.74 Å². The quantitative estimate of drug-likeness (QED) is 0.789. The van der Waals surface area contributed by atoms with Gasteiger partial charge in [0.25, 0.3) is 0 Å². The number of morpholine rings is 1. The van der Waals surface area contributed by atoms with Gasteiger partial charge in [0.05, 0.1) is 24.0 Å². The van der Waals surface area contributed by atoms with Crippen molar-refractivity contribution in [1.29, 1.82) is 0 Å². The highest BCUT2D eigenvalue weighted by atomic mass is 16.5. The molecule has 3 heterocycles. The van der Waals surface area contributed by atoms with E-state index < -0.39 is 0 Å². The number of aromatic nitrogens is 3. The van der Waals surface area contributed by atoms with Crippen molar-refractivity contribution < 1.29 is 4.74 Å². The minimum absolute atomic E-state index is 0.0953. The van der Waals surface area contributed by atoms with Crippen molar-refractivity contribution in [2.75, 3.05) is 24.6 Å². The zero-order valence-corrected chi connectivity index (χ0v) is 12.5. The molecule has 1 aliphatic rings. The Morgan fingerprint density at radius 3 is 3.00 bits per heavy atom. The van der Waals surface area contributed by atoms with Gasteiger partial charge in [-0.05, 0) is 18.6 Å². The van der Waals surface area contributed by atoms with Gasteiger partial charge in [0.15, 0.2) is 0 Å². The number of nitrogens with zero attached hydrogens (tertiary/aromatic N) is 3. The highest BCUT2D eigenvalue weighted by Gasteiger charge is 2.23. The summed E-state index contributed by atoms with van der Waals surface area (Å²) in [6, 6.07) is 12.5. The fraction of sp³-hybridized carbons (Fsp3) is 0.294. The van der Waals surface area contributed by atoms with Crippen molar-refractivity contribution in [3.05, 3.63) is 53.9 Å². The van der Waals surface area contributed by atoms with Crippen LogP contribution in [-0.4, -0.2) is 34.9 Å². The smallest absolute Gasteiger partial charge is 0.129 e. The molecule has 0 radical (unpaired) electrons. The molecule has 0 spiro atoms. The zero-order valence-electron chi connectivity index (χ0n) is 12.5. The fourth-order valence-electron chi connectivity index (χ4n) is 2.94. The summed E-state index contributed by atoms with van der Waals surface area (Å²) in [5, 5.41) is 8.37. The molecule has 112 valence electrons. The van der Waals surface area contributed by atoms with E-state index in [2.05, 4.69) is 50.4 Å². The Kier molecular flexibility index (Phi) is 3.27. The molecule has 2 aromatic heterocycles. The van der Waals surface area contributed by atoms with Crippen molar-refractivity contribution in [2.45, 2.75) is 13.0 Å². The Balaban J connectivity index is 1.62. The SMILES string of the molecule is Cc1n[nH]c2cnc(N3CCO[C@H](c4ccccc4)C3)cc12. The predicted molar refractivity (Wildman–Crippen MR) is 86.0 cm³/mol. The van der Waals surface area contributed by atoms with Gasteiger partial charge < -0.3 is 9.64 Å². The Morgan fingerprint density at radius 1 is 1.27 bits per heavy atom. The summed E-state index contributed by atoms with van der Waals surface area (Å²) >= 11 is 0. The average Bonchev–Trinajstić information content (AvgIpc) is 2.96. The maximum Gasteiger partial charge on any atom is 0.129 e. The number of H-pyrrole nitrogens is 1. The number of rotatable bonds is 2. The van der Waals surface area contributed by atoms with Crippen LogP contribution in [0.5, 0.6) is 0 Å². The number of ether oxygens (including phenoxy) is 1. The first-order chi connectivity index (χ1) is 10.8. The zero-order chi connectivity index (χ0) is 14.9. The minimum atomic E-state index is 0.0953. The Bertz CT molecular complexity index is 784. The van der Waals surface area contributed by atoms with E-state index in [-0.39, 0.29) is 6.10 Å². The van der Waals surface area contributed by atoms with Crippen LogP contribution in [0.1, 0.15) is 17.4 Å². The third-order valence-electron chi connectivity index (χ3n) is 4.19. The largest absolute Gasteiger partial charge is 0.370 e. The lowest BCUT2D eigenvalue weighted by Gasteiger charge is -2.34. The lowest BCUT2D eigenvalue weighted by Crippen LogP contribution is -2.38. The standard InChI is InChI=1S/C17H18N4O/c1-12-14-9-17(18-10-15(14)20-19-12)21-7-8-22-16(11-21)13-5-3-2-4-6-13/h2-6,9-10,16H,7-8,11H2,1H3,(H,19,20)/t16-/m0/s1. The maximum atomic E-state index is 5.92. The van der Waals surface area contributed by atoms with E-state index in [0.29, 0.717) is 6.61 Å². The first kappa shape index (κ1) is 13.3. The van der Waals surface area contributed by atoms with Gasteiger partial charge in [0, 0.05) is 18.5 Å². The molecular formula is C17H18N4O. The normalized spacial score (nSPS) is 18.8. The van der Waals surface area contributed by atoms with Crippen molar-refractivity contribution in [1.82, 2.24) is 15.2 Å². The second-order valence-electron chi connectivity index (χ2n) is 5.61. The third kappa shape index (κ3) is 2.33. The summed E-state index contributed by atoms with van der Waals surface area (Å²) in [4.78, 5) is 6.86. The number of hydrogen-bond donors (Lipinski definition) is 1. The molecule has 0 unspecified atom stereocenters. The van der Waals surface area contributed by atoms with Crippen LogP contribution in [0.15, 0.2) is 42.6 Å². The third-order valence-corrected chi connectivity index (χ3v) is 4.19. The maximum absolute atomic E-state index is 5.92. The first-order valence-electron chi connectivity index (χ1n) is 7.53. The monoisotopic (exact) mass is 294 g/mol. The summed E-state index contributed by atoms with van der Waals surface area (Å²) in [5.41, 5.74) is 3.20. The van der Waals surface area contributed by atoms with E-state index >= 15 is 0 Å². The number of aryl methyl sites for hydroxylation is 1. The van der Waals surface area contributed by atoms with Gasteiger partial charge >= 0.3 is 0 Å². The molecule has 1 N–H and O–H groups in total. The van der Waals surface area contributed by atoms with Crippen LogP contribution in [0.25, 0.3) is 10.9 Å². The summed E-state index contributed by atoms with van der Waals surface area (Å²) in [6.07, 6.45) is 1.95. The molecular weight excluding hydrogens is 276 g/mol. The Labute approximate surface area is 128 Å². The number of nitrogens with one attached hydrogen (secondary N) is 1. The molecule has 4 rings (SSSR count). The first-order valence-corrected chi connectivity index (χ1v) is 7.53. The van der Waals surface area contributed by atoms with E-state index in [9.17, 15) is 0 Å². The average molecular weight is 294 g/mol. The van der Waals surface area contributed by atoms with Crippen LogP contribution in [0.3, 0.4) is 0 Å². The highest BCUT2D eigenvalue weighted by molar-refractivity contribution is 5.82. The Hall–Kier alpha value is -2.40. The number of anilines is 1. The molecule has 3 aromatic rings. The molecule has 0 bridgehead atoms. The number of benzene rings is 1. The second-order valence-corrected chi connectivity index (χ2v) is 5.61. The van der Waals surface area contributed by atoms with Gasteiger partial charge in [-0.2, -0.15) is 5.10 Å². The number of pyridine rings is 1. The molecule has 0 aliphatic carbocycles. The van der Waals surface area contributed by atoms with Gasteiger partial charge in [0.1, 0.15) is 11.9 Å². The molecule has 1 saturated heterocycles. The molecule has 5 heteroatoms. The summed E-state index contributed by atoms with van der Waals surface area (Å²) in [6.45, 7) is 4.40. The van der Waals surface area contributed by atoms with Crippen molar-refractivity contribution in [3.8, 4) is 0 Å². The Morgan fingerprint density at radius 2 is 2.14 bits per heavy atom. The van der Waals surface area contributed by atoms with E-state index in [0.717, 1.165) is 35.5 Å². The van der Waals surface area contributed by atoms with E-state index in [1.807, 2.05) is 19.2 Å². The van der Waals surface area contributed by atoms with Crippen molar-refractivity contribution in [3.63, 3.8) is 0 Å². The van der Waals surface area contributed by atoms with Crippen molar-refractivity contribution >= 4 is 16.7 Å². The highest BCUT2D eigenvalue weighted by Crippen LogP contribution is 2.27. The minimum Gasteiger partial charge on any atom is -0.370 e. The summed E-state index contributed by atoms with van der Waals surface area (Å²) in [5.74, 6) is 0.987.